The number of aliphatic imine (C=N–C) groups is 1. The lowest BCUT2D eigenvalue weighted by Gasteiger charge is -2.25. The molecule has 0 aromatic heterocycles. The van der Waals surface area contributed by atoms with Gasteiger partial charge in [0.05, 0.1) is 34.0 Å². The lowest BCUT2D eigenvalue weighted by atomic mass is 10.2. The molecule has 0 aliphatic carbocycles. The van der Waals surface area contributed by atoms with E-state index >= 15 is 0 Å². The molecular weight excluding hydrogens is 256 g/mol. The molecule has 20 heavy (non-hydrogen) atoms. The van der Waals surface area contributed by atoms with Crippen LogP contribution in [0.4, 0.5) is 0 Å². The lowest BCUT2D eigenvalue weighted by molar-refractivity contribution is 0.0395. The van der Waals surface area contributed by atoms with Crippen LogP contribution in [0.25, 0.3) is 0 Å². The predicted molar refractivity (Wildman–Crippen MR) is 79.3 cm³/mol. The molecule has 1 heterocycles. The second-order valence-corrected chi connectivity index (χ2v) is 4.60. The monoisotopic (exact) mass is 278 g/mol. The summed E-state index contributed by atoms with van der Waals surface area (Å²) in [5.41, 5.74) is 0.939. The topological polar surface area (TPSA) is 43.3 Å². The summed E-state index contributed by atoms with van der Waals surface area (Å²) in [5.74, 6) is 1.61. The number of rotatable bonds is 6. The van der Waals surface area contributed by atoms with Crippen LogP contribution >= 0.6 is 0 Å². The molecule has 110 valence electrons. The fourth-order valence-corrected chi connectivity index (χ4v) is 2.13. The zero-order chi connectivity index (χ0) is 14.2. The van der Waals surface area contributed by atoms with Crippen molar-refractivity contribution in [1.82, 2.24) is 4.90 Å². The van der Waals surface area contributed by atoms with Crippen molar-refractivity contribution in [2.75, 3.05) is 53.6 Å². The van der Waals surface area contributed by atoms with Gasteiger partial charge < -0.3 is 14.2 Å². The fourth-order valence-electron chi connectivity index (χ4n) is 2.13. The van der Waals surface area contributed by atoms with Crippen LogP contribution in [-0.2, 0) is 4.74 Å². The third-order valence-electron chi connectivity index (χ3n) is 3.32. The molecule has 1 saturated heterocycles. The van der Waals surface area contributed by atoms with E-state index in [-0.39, 0.29) is 0 Å². The Morgan fingerprint density at radius 3 is 2.75 bits per heavy atom. The van der Waals surface area contributed by atoms with E-state index in [2.05, 4.69) is 9.89 Å². The molecule has 0 unspecified atom stereocenters. The van der Waals surface area contributed by atoms with Gasteiger partial charge in [-0.25, -0.2) is 0 Å². The third kappa shape index (κ3) is 4.21. The summed E-state index contributed by atoms with van der Waals surface area (Å²) < 4.78 is 15.9. The molecule has 0 bridgehead atoms. The van der Waals surface area contributed by atoms with Crippen LogP contribution in [-0.4, -0.2) is 64.7 Å². The van der Waals surface area contributed by atoms with Crippen molar-refractivity contribution in [3.8, 4) is 11.5 Å². The molecule has 0 saturated carbocycles. The van der Waals surface area contributed by atoms with Crippen LogP contribution in [0, 0.1) is 0 Å². The van der Waals surface area contributed by atoms with Crippen molar-refractivity contribution in [1.29, 1.82) is 0 Å². The van der Waals surface area contributed by atoms with Gasteiger partial charge in [0.2, 0.25) is 0 Å². The molecule has 0 N–H and O–H groups in total. The van der Waals surface area contributed by atoms with E-state index in [9.17, 15) is 0 Å². The van der Waals surface area contributed by atoms with Gasteiger partial charge in [0.15, 0.2) is 0 Å². The number of morpholine rings is 1. The number of hydrogen-bond donors (Lipinski definition) is 0. The standard InChI is InChI=1S/C15H22N2O3/c1-18-14-3-4-15(19-2)13(11-14)12-16-5-6-17-7-9-20-10-8-17/h3-4,11-12H,5-10H2,1-2H3. The van der Waals surface area contributed by atoms with Gasteiger partial charge >= 0.3 is 0 Å². The van der Waals surface area contributed by atoms with Crippen LogP contribution < -0.4 is 9.47 Å². The van der Waals surface area contributed by atoms with Crippen molar-refractivity contribution in [2.45, 2.75) is 0 Å². The van der Waals surface area contributed by atoms with Crippen molar-refractivity contribution < 1.29 is 14.2 Å². The number of ether oxygens (including phenoxy) is 3. The second-order valence-electron chi connectivity index (χ2n) is 4.60. The van der Waals surface area contributed by atoms with Gasteiger partial charge in [-0.1, -0.05) is 0 Å². The Bertz CT molecular complexity index is 443. The molecule has 1 aliphatic heterocycles. The maximum Gasteiger partial charge on any atom is 0.127 e. The van der Waals surface area contributed by atoms with Crippen LogP contribution in [0.1, 0.15) is 5.56 Å². The maximum atomic E-state index is 5.32. The summed E-state index contributed by atoms with van der Waals surface area (Å²) >= 11 is 0. The van der Waals surface area contributed by atoms with Gasteiger partial charge in [-0.3, -0.25) is 9.89 Å². The number of nitrogens with zero attached hydrogens (tertiary/aromatic N) is 2. The van der Waals surface area contributed by atoms with E-state index in [1.54, 1.807) is 14.2 Å². The molecule has 1 aliphatic rings. The van der Waals surface area contributed by atoms with Gasteiger partial charge in [0, 0.05) is 31.4 Å². The van der Waals surface area contributed by atoms with Crippen molar-refractivity contribution in [2.24, 2.45) is 4.99 Å². The SMILES string of the molecule is COc1ccc(OC)c(C=NCCN2CCOCC2)c1. The Labute approximate surface area is 120 Å². The Morgan fingerprint density at radius 2 is 2.05 bits per heavy atom. The van der Waals surface area contributed by atoms with E-state index in [0.29, 0.717) is 0 Å². The lowest BCUT2D eigenvalue weighted by Crippen LogP contribution is -2.37. The van der Waals surface area contributed by atoms with Gasteiger partial charge in [-0.2, -0.15) is 0 Å². The number of methoxy groups -OCH3 is 2. The van der Waals surface area contributed by atoms with Gasteiger partial charge in [0.25, 0.3) is 0 Å². The van der Waals surface area contributed by atoms with E-state index in [4.69, 9.17) is 14.2 Å². The predicted octanol–water partition coefficient (Wildman–Crippen LogP) is 1.45. The van der Waals surface area contributed by atoms with Gasteiger partial charge in [0.1, 0.15) is 11.5 Å². The van der Waals surface area contributed by atoms with Crippen LogP contribution in [0.2, 0.25) is 0 Å². The first-order valence-electron chi connectivity index (χ1n) is 6.85. The minimum Gasteiger partial charge on any atom is -0.497 e. The molecule has 5 heteroatoms. The minimum absolute atomic E-state index is 0.778. The van der Waals surface area contributed by atoms with E-state index in [1.807, 2.05) is 24.4 Å². The van der Waals surface area contributed by atoms with Crippen molar-refractivity contribution in [3.05, 3.63) is 23.8 Å². The molecule has 1 aromatic rings. The Morgan fingerprint density at radius 1 is 1.25 bits per heavy atom. The van der Waals surface area contributed by atoms with Gasteiger partial charge in [-0.05, 0) is 18.2 Å². The number of benzene rings is 1. The zero-order valence-electron chi connectivity index (χ0n) is 12.2. The summed E-state index contributed by atoms with van der Waals surface area (Å²) in [6, 6.07) is 5.70. The smallest absolute Gasteiger partial charge is 0.127 e. The van der Waals surface area contributed by atoms with Crippen LogP contribution in [0.15, 0.2) is 23.2 Å². The highest BCUT2D eigenvalue weighted by Crippen LogP contribution is 2.22. The first-order chi connectivity index (χ1) is 9.83. The summed E-state index contributed by atoms with van der Waals surface area (Å²) in [4.78, 5) is 6.84. The largest absolute Gasteiger partial charge is 0.497 e. The van der Waals surface area contributed by atoms with Crippen LogP contribution in [0.3, 0.4) is 0 Å². The molecule has 0 radical (unpaired) electrons. The van der Waals surface area contributed by atoms with E-state index in [1.165, 1.54) is 0 Å². The number of hydrogen-bond acceptors (Lipinski definition) is 5. The van der Waals surface area contributed by atoms with E-state index in [0.717, 1.165) is 56.5 Å². The molecular formula is C15H22N2O3. The molecule has 0 atom stereocenters. The molecule has 2 rings (SSSR count). The average Bonchev–Trinajstić information content (AvgIpc) is 2.52. The van der Waals surface area contributed by atoms with Gasteiger partial charge in [-0.15, -0.1) is 0 Å². The molecule has 5 nitrogen and oxygen atoms in total. The summed E-state index contributed by atoms with van der Waals surface area (Å²) in [5, 5.41) is 0. The minimum atomic E-state index is 0.778. The molecule has 0 amide bonds. The van der Waals surface area contributed by atoms with Crippen molar-refractivity contribution in [3.63, 3.8) is 0 Å². The quantitative estimate of drug-likeness (QED) is 0.739. The fraction of sp³-hybridized carbons (Fsp3) is 0.533. The normalized spacial score (nSPS) is 16.5. The average molecular weight is 278 g/mol. The van der Waals surface area contributed by atoms with E-state index < -0.39 is 0 Å². The molecule has 0 spiro atoms. The summed E-state index contributed by atoms with van der Waals surface area (Å²) in [6.07, 6.45) is 1.85. The maximum absolute atomic E-state index is 5.32. The Kier molecular flexibility index (Phi) is 5.83. The zero-order valence-corrected chi connectivity index (χ0v) is 12.2. The van der Waals surface area contributed by atoms with Crippen LogP contribution in [0.5, 0.6) is 11.5 Å². The second kappa shape index (κ2) is 7.87. The summed E-state index contributed by atoms with van der Waals surface area (Å²) in [6.45, 7) is 5.39. The highest BCUT2D eigenvalue weighted by molar-refractivity contribution is 5.84. The summed E-state index contributed by atoms with van der Waals surface area (Å²) in [7, 11) is 3.31. The highest BCUT2D eigenvalue weighted by atomic mass is 16.5. The highest BCUT2D eigenvalue weighted by Gasteiger charge is 2.08. The molecule has 1 fully saturated rings. The first kappa shape index (κ1) is 14.8. The third-order valence-corrected chi connectivity index (χ3v) is 3.32. The van der Waals surface area contributed by atoms with Crippen molar-refractivity contribution >= 4 is 6.21 Å². The first-order valence-corrected chi connectivity index (χ1v) is 6.85. The Hall–Kier alpha value is -1.59. The molecule has 1 aromatic carbocycles. The Balaban J connectivity index is 1.89.